The standard InChI is InChI=1S/C75H141NO10/c1-3-5-7-9-11-13-15-39-43-47-51-55-59-63-71(80)84-64-60-56-52-48-44-41-38-36-34-32-30-28-26-24-22-20-18-16-17-19-21-23-25-27-29-31-33-35-37-40-42-46-50-54-58-62-70(79)76-67(66-85-75-74(83)73(82)72(81)69(65-77)86-75)68(78)61-57-53-49-45-14-12-10-8-6-4-2/h7,9,13,15,57,61,67-69,72-75,77-78,81-83H,3-6,8,10-12,14,16-56,58-60,62-66H2,1-2H3,(H,76,79)/b9-7-,15-13-,61-57+. The molecule has 0 aromatic rings. The SMILES string of the molecule is CCC/C=C\C/C=C\CCCCCCCC(=O)OCCCCCCCCCCCCCCCCCCCCCCCCCCCCCCCCCCCCCC(=O)NC(COC1OC(CO)C(O)C(O)C1O)C(O)/C=C/CCCCCCCCCC. The fourth-order valence-electron chi connectivity index (χ4n) is 11.9. The Hall–Kier alpha value is -2.12. The van der Waals surface area contributed by atoms with Gasteiger partial charge in [0.1, 0.15) is 24.4 Å². The lowest BCUT2D eigenvalue weighted by molar-refractivity contribution is -0.302. The lowest BCUT2D eigenvalue weighted by Crippen LogP contribution is -2.60. The second-order valence-corrected chi connectivity index (χ2v) is 26.0. The van der Waals surface area contributed by atoms with Crippen LogP contribution in [0.2, 0.25) is 0 Å². The van der Waals surface area contributed by atoms with Gasteiger partial charge in [-0.15, -0.1) is 0 Å². The van der Waals surface area contributed by atoms with Crippen LogP contribution in [0.15, 0.2) is 36.5 Å². The second kappa shape index (κ2) is 64.4. The Labute approximate surface area is 530 Å². The highest BCUT2D eigenvalue weighted by Crippen LogP contribution is 2.24. The minimum atomic E-state index is -1.57. The number of amides is 1. The Kier molecular flexibility index (Phi) is 61.3. The van der Waals surface area contributed by atoms with Crippen LogP contribution in [0.3, 0.4) is 0 Å². The molecule has 0 radical (unpaired) electrons. The summed E-state index contributed by atoms with van der Waals surface area (Å²) in [6.07, 6.45) is 73.2. The molecule has 11 nitrogen and oxygen atoms in total. The van der Waals surface area contributed by atoms with E-state index in [1.165, 1.54) is 276 Å². The monoisotopic (exact) mass is 1220 g/mol. The van der Waals surface area contributed by atoms with Gasteiger partial charge in [-0.1, -0.05) is 333 Å². The number of carbonyl (C=O) groups excluding carboxylic acids is 2. The van der Waals surface area contributed by atoms with Gasteiger partial charge in [0.25, 0.3) is 0 Å². The molecule has 1 fully saturated rings. The van der Waals surface area contributed by atoms with Gasteiger partial charge >= 0.3 is 5.97 Å². The van der Waals surface area contributed by atoms with E-state index in [2.05, 4.69) is 43.5 Å². The Morgan fingerprint density at radius 2 is 0.802 bits per heavy atom. The minimum absolute atomic E-state index is 0.000723. The van der Waals surface area contributed by atoms with Crippen LogP contribution in [-0.2, 0) is 23.8 Å². The number of ether oxygens (including phenoxy) is 3. The van der Waals surface area contributed by atoms with Crippen LogP contribution < -0.4 is 5.32 Å². The lowest BCUT2D eigenvalue weighted by Gasteiger charge is -2.40. The van der Waals surface area contributed by atoms with Crippen molar-refractivity contribution < 1.29 is 49.3 Å². The number of unbranched alkanes of at least 4 members (excludes halogenated alkanes) is 48. The third-order valence-electron chi connectivity index (χ3n) is 17.7. The molecular weight excluding hydrogens is 1070 g/mol. The molecule has 1 heterocycles. The first-order valence-corrected chi connectivity index (χ1v) is 37.3. The molecule has 1 aliphatic rings. The van der Waals surface area contributed by atoms with E-state index < -0.39 is 49.5 Å². The minimum Gasteiger partial charge on any atom is -0.466 e. The topological polar surface area (TPSA) is 175 Å². The molecule has 0 aliphatic carbocycles. The molecule has 1 saturated heterocycles. The highest BCUT2D eigenvalue weighted by atomic mass is 16.7. The van der Waals surface area contributed by atoms with Crippen LogP contribution in [0.5, 0.6) is 0 Å². The van der Waals surface area contributed by atoms with Crippen molar-refractivity contribution in [2.24, 2.45) is 0 Å². The average Bonchev–Trinajstić information content (AvgIpc) is 2.58. The van der Waals surface area contributed by atoms with Crippen molar-refractivity contribution >= 4 is 11.9 Å². The summed E-state index contributed by atoms with van der Waals surface area (Å²) in [6, 6.07) is -0.805. The van der Waals surface area contributed by atoms with E-state index in [1.807, 2.05) is 6.08 Å². The molecule has 506 valence electrons. The summed E-state index contributed by atoms with van der Waals surface area (Å²) >= 11 is 0. The molecule has 1 amide bonds. The number of aliphatic hydroxyl groups is 5. The van der Waals surface area contributed by atoms with Gasteiger partial charge in [0.15, 0.2) is 6.29 Å². The van der Waals surface area contributed by atoms with Gasteiger partial charge < -0.3 is 45.1 Å². The first-order valence-electron chi connectivity index (χ1n) is 37.3. The van der Waals surface area contributed by atoms with Crippen LogP contribution in [0, 0.1) is 0 Å². The van der Waals surface area contributed by atoms with E-state index in [4.69, 9.17) is 14.2 Å². The first kappa shape index (κ1) is 81.9. The fraction of sp³-hybridized carbons (Fsp3) is 0.893. The summed E-state index contributed by atoms with van der Waals surface area (Å²) in [5.41, 5.74) is 0. The van der Waals surface area contributed by atoms with Crippen molar-refractivity contribution in [3.8, 4) is 0 Å². The zero-order valence-electron chi connectivity index (χ0n) is 56.3. The highest BCUT2D eigenvalue weighted by Gasteiger charge is 2.44. The Morgan fingerprint density at radius 3 is 1.22 bits per heavy atom. The van der Waals surface area contributed by atoms with Crippen LogP contribution in [0.4, 0.5) is 0 Å². The molecule has 0 spiro atoms. The van der Waals surface area contributed by atoms with Crippen LogP contribution in [-0.4, -0.2) is 100 Å². The van der Waals surface area contributed by atoms with Gasteiger partial charge in [0, 0.05) is 12.8 Å². The van der Waals surface area contributed by atoms with Gasteiger partial charge in [0.05, 0.1) is 32.0 Å². The molecule has 1 rings (SSSR count). The molecule has 7 unspecified atom stereocenters. The Balaban J connectivity index is 1.88. The number of aliphatic hydroxyl groups excluding tert-OH is 5. The third-order valence-corrected chi connectivity index (χ3v) is 17.7. The molecule has 1 aliphatic heterocycles. The molecule has 0 aromatic heterocycles. The van der Waals surface area contributed by atoms with Crippen molar-refractivity contribution in [2.75, 3.05) is 19.8 Å². The molecule has 11 heteroatoms. The smallest absolute Gasteiger partial charge is 0.305 e. The van der Waals surface area contributed by atoms with Crippen molar-refractivity contribution in [3.05, 3.63) is 36.5 Å². The van der Waals surface area contributed by atoms with Gasteiger partial charge in [-0.3, -0.25) is 9.59 Å². The number of nitrogens with one attached hydrogen (secondary N) is 1. The summed E-state index contributed by atoms with van der Waals surface area (Å²) in [5, 5.41) is 54.4. The maximum Gasteiger partial charge on any atom is 0.305 e. The average molecular weight is 1220 g/mol. The number of carbonyl (C=O) groups is 2. The third kappa shape index (κ3) is 52.6. The maximum absolute atomic E-state index is 13.0. The van der Waals surface area contributed by atoms with Crippen molar-refractivity contribution in [1.29, 1.82) is 0 Å². The first-order chi connectivity index (χ1) is 42.2. The van der Waals surface area contributed by atoms with Gasteiger partial charge in [0.2, 0.25) is 5.91 Å². The summed E-state index contributed by atoms with van der Waals surface area (Å²) < 4.78 is 16.7. The second-order valence-electron chi connectivity index (χ2n) is 26.0. The van der Waals surface area contributed by atoms with Crippen molar-refractivity contribution in [1.82, 2.24) is 5.32 Å². The number of hydrogen-bond acceptors (Lipinski definition) is 10. The van der Waals surface area contributed by atoms with Crippen LogP contribution in [0.25, 0.3) is 0 Å². The van der Waals surface area contributed by atoms with E-state index in [-0.39, 0.29) is 18.5 Å². The van der Waals surface area contributed by atoms with Crippen LogP contribution in [0.1, 0.15) is 367 Å². The molecule has 86 heavy (non-hydrogen) atoms. The quantitative estimate of drug-likeness (QED) is 0.0195. The van der Waals surface area contributed by atoms with E-state index in [0.717, 1.165) is 64.2 Å². The van der Waals surface area contributed by atoms with Gasteiger partial charge in [-0.05, 0) is 57.8 Å². The van der Waals surface area contributed by atoms with E-state index in [1.54, 1.807) is 6.08 Å². The van der Waals surface area contributed by atoms with Gasteiger partial charge in [-0.2, -0.15) is 0 Å². The zero-order valence-corrected chi connectivity index (χ0v) is 56.3. The lowest BCUT2D eigenvalue weighted by atomic mass is 9.99. The van der Waals surface area contributed by atoms with Crippen molar-refractivity contribution in [2.45, 2.75) is 410 Å². The molecule has 7 atom stereocenters. The summed E-state index contributed by atoms with van der Waals surface area (Å²) in [7, 11) is 0. The van der Waals surface area contributed by atoms with Gasteiger partial charge in [-0.25, -0.2) is 0 Å². The maximum atomic E-state index is 13.0. The normalized spacial score (nSPS) is 18.1. The van der Waals surface area contributed by atoms with E-state index in [0.29, 0.717) is 19.4 Å². The Morgan fingerprint density at radius 1 is 0.430 bits per heavy atom. The zero-order chi connectivity index (χ0) is 62.3. The fourth-order valence-corrected chi connectivity index (χ4v) is 11.9. The highest BCUT2D eigenvalue weighted by molar-refractivity contribution is 5.76. The molecule has 0 aromatic carbocycles. The summed E-state index contributed by atoms with van der Waals surface area (Å²) in [6.45, 7) is 4.30. The number of rotatable bonds is 66. The molecule has 0 saturated carbocycles. The Bertz CT molecular complexity index is 1520. The van der Waals surface area contributed by atoms with E-state index in [9.17, 15) is 35.1 Å². The summed E-state index contributed by atoms with van der Waals surface area (Å²) in [4.78, 5) is 25.1. The summed E-state index contributed by atoms with van der Waals surface area (Å²) in [5.74, 6) is -0.175. The largest absolute Gasteiger partial charge is 0.466 e. The number of allylic oxidation sites excluding steroid dienone is 5. The molecule has 0 bridgehead atoms. The number of esters is 1. The predicted octanol–water partition coefficient (Wildman–Crippen LogP) is 19.4. The van der Waals surface area contributed by atoms with E-state index >= 15 is 0 Å². The predicted molar refractivity (Wildman–Crippen MR) is 361 cm³/mol. The van der Waals surface area contributed by atoms with Crippen molar-refractivity contribution in [3.63, 3.8) is 0 Å². The molecular formula is C75H141NO10. The van der Waals surface area contributed by atoms with Crippen LogP contribution >= 0.6 is 0 Å². The number of hydrogen-bond donors (Lipinski definition) is 6. The molecule has 6 N–H and O–H groups in total.